The summed E-state index contributed by atoms with van der Waals surface area (Å²) < 4.78 is 25.7. The van der Waals surface area contributed by atoms with E-state index in [1.54, 1.807) is 12.1 Å². The number of hydrogen-bond donors (Lipinski definition) is 2. The van der Waals surface area contributed by atoms with Gasteiger partial charge in [-0.05, 0) is 63.2 Å². The van der Waals surface area contributed by atoms with E-state index in [9.17, 15) is 8.42 Å². The fraction of sp³-hybridized carbons (Fsp3) is 0.571. The zero-order valence-electron chi connectivity index (χ0n) is 12.1. The van der Waals surface area contributed by atoms with Crippen LogP contribution in [0.4, 0.5) is 5.69 Å². The van der Waals surface area contributed by atoms with Crippen molar-refractivity contribution in [2.75, 3.05) is 38.6 Å². The van der Waals surface area contributed by atoms with Crippen LogP contribution in [0.5, 0.6) is 0 Å². The molecule has 0 radical (unpaired) electrons. The lowest BCUT2D eigenvalue weighted by Gasteiger charge is -2.28. The van der Waals surface area contributed by atoms with Gasteiger partial charge in [0, 0.05) is 19.3 Å². The largest absolute Gasteiger partial charge is 0.374 e. The molecule has 6 heteroatoms. The van der Waals surface area contributed by atoms with Crippen LogP contribution < -0.4 is 14.9 Å². The second-order valence-corrected chi connectivity index (χ2v) is 7.16. The molecule has 1 aliphatic heterocycles. The topological polar surface area (TPSA) is 61.4 Å². The van der Waals surface area contributed by atoms with Crippen molar-refractivity contribution in [2.45, 2.75) is 17.7 Å². The molecule has 0 saturated carbocycles. The van der Waals surface area contributed by atoms with Gasteiger partial charge >= 0.3 is 0 Å². The molecule has 2 rings (SSSR count). The van der Waals surface area contributed by atoms with Gasteiger partial charge in [0.2, 0.25) is 10.0 Å². The van der Waals surface area contributed by atoms with Crippen LogP contribution in [0.2, 0.25) is 0 Å². The van der Waals surface area contributed by atoms with Gasteiger partial charge in [-0.25, -0.2) is 13.1 Å². The Morgan fingerprint density at radius 2 is 1.85 bits per heavy atom. The molecule has 1 aromatic carbocycles. The minimum atomic E-state index is -3.34. The van der Waals surface area contributed by atoms with Gasteiger partial charge in [-0.3, -0.25) is 0 Å². The Morgan fingerprint density at radius 3 is 2.40 bits per heavy atom. The number of hydrogen-bond acceptors (Lipinski definition) is 4. The van der Waals surface area contributed by atoms with E-state index in [2.05, 4.69) is 22.0 Å². The number of piperidine rings is 1. The van der Waals surface area contributed by atoms with Gasteiger partial charge in [-0.1, -0.05) is 0 Å². The predicted molar refractivity (Wildman–Crippen MR) is 81.6 cm³/mol. The molecule has 1 fully saturated rings. The van der Waals surface area contributed by atoms with E-state index in [-0.39, 0.29) is 0 Å². The molecule has 2 N–H and O–H groups in total. The number of anilines is 1. The quantitative estimate of drug-likeness (QED) is 0.852. The van der Waals surface area contributed by atoms with E-state index >= 15 is 0 Å². The highest BCUT2D eigenvalue weighted by molar-refractivity contribution is 7.89. The van der Waals surface area contributed by atoms with E-state index in [1.807, 2.05) is 12.1 Å². The first-order chi connectivity index (χ1) is 9.53. The molecule has 0 bridgehead atoms. The summed E-state index contributed by atoms with van der Waals surface area (Å²) >= 11 is 0. The van der Waals surface area contributed by atoms with Gasteiger partial charge in [0.15, 0.2) is 0 Å². The van der Waals surface area contributed by atoms with Gasteiger partial charge in [-0.15, -0.1) is 0 Å². The molecule has 1 heterocycles. The zero-order chi connectivity index (χ0) is 14.6. The van der Waals surface area contributed by atoms with E-state index in [0.29, 0.717) is 10.8 Å². The minimum Gasteiger partial charge on any atom is -0.374 e. The fourth-order valence-electron chi connectivity index (χ4n) is 2.55. The Kier molecular flexibility index (Phi) is 5.01. The Morgan fingerprint density at radius 1 is 1.25 bits per heavy atom. The number of rotatable bonds is 5. The van der Waals surface area contributed by atoms with Crippen LogP contribution in [0.1, 0.15) is 12.8 Å². The fourth-order valence-corrected chi connectivity index (χ4v) is 3.28. The van der Waals surface area contributed by atoms with Crippen molar-refractivity contribution >= 4 is 15.7 Å². The van der Waals surface area contributed by atoms with Gasteiger partial charge in [0.1, 0.15) is 0 Å². The predicted octanol–water partition coefficient (Wildman–Crippen LogP) is 1.03. The molecule has 1 aliphatic rings. The average molecular weight is 297 g/mol. The van der Waals surface area contributed by atoms with Crippen LogP contribution in [-0.2, 0) is 10.0 Å². The highest BCUT2D eigenvalue weighted by Gasteiger charge is 2.16. The van der Waals surface area contributed by atoms with Crippen molar-refractivity contribution in [3.8, 4) is 0 Å². The second-order valence-electron chi connectivity index (χ2n) is 5.28. The monoisotopic (exact) mass is 297 g/mol. The maximum atomic E-state index is 11.7. The molecule has 0 unspecified atom stereocenters. The summed E-state index contributed by atoms with van der Waals surface area (Å²) in [6.45, 7) is 3.20. The van der Waals surface area contributed by atoms with E-state index in [0.717, 1.165) is 25.3 Å². The standard InChI is InChI=1S/C14H23N3O2S/c1-15-20(18,19)14-5-3-13(4-6-14)17(2)11-12-7-9-16-10-8-12/h3-6,12,15-16H,7-11H2,1-2H3. The van der Waals surface area contributed by atoms with Gasteiger partial charge in [-0.2, -0.15) is 0 Å². The molecule has 1 saturated heterocycles. The number of sulfonamides is 1. The third-order valence-electron chi connectivity index (χ3n) is 3.85. The zero-order valence-corrected chi connectivity index (χ0v) is 12.9. The Hall–Kier alpha value is -1.11. The Labute approximate surface area is 121 Å². The van der Waals surface area contributed by atoms with E-state index in [4.69, 9.17) is 0 Å². The van der Waals surface area contributed by atoms with Crippen LogP contribution in [-0.4, -0.2) is 42.1 Å². The molecular weight excluding hydrogens is 274 g/mol. The molecule has 1 aromatic rings. The summed E-state index contributed by atoms with van der Waals surface area (Å²) in [5, 5.41) is 3.37. The summed E-state index contributed by atoms with van der Waals surface area (Å²) in [4.78, 5) is 2.50. The summed E-state index contributed by atoms with van der Waals surface area (Å²) in [5.74, 6) is 0.710. The third kappa shape index (κ3) is 3.71. The van der Waals surface area contributed by atoms with Crippen LogP contribution >= 0.6 is 0 Å². The highest BCUT2D eigenvalue weighted by Crippen LogP contribution is 2.20. The van der Waals surface area contributed by atoms with Gasteiger partial charge in [0.25, 0.3) is 0 Å². The average Bonchev–Trinajstić information content (AvgIpc) is 2.48. The maximum Gasteiger partial charge on any atom is 0.240 e. The summed E-state index contributed by atoms with van der Waals surface area (Å²) in [5.41, 5.74) is 1.05. The first-order valence-electron chi connectivity index (χ1n) is 6.98. The maximum absolute atomic E-state index is 11.7. The summed E-state index contributed by atoms with van der Waals surface area (Å²) in [7, 11) is 0.138. The molecule has 0 amide bonds. The Bertz CT molecular complexity index is 522. The summed E-state index contributed by atoms with van der Waals surface area (Å²) in [6, 6.07) is 7.04. The molecular formula is C14H23N3O2S. The van der Waals surface area contributed by atoms with Crippen LogP contribution in [0.3, 0.4) is 0 Å². The van der Waals surface area contributed by atoms with Crippen molar-refractivity contribution in [1.82, 2.24) is 10.0 Å². The lowest BCUT2D eigenvalue weighted by molar-refractivity contribution is 0.378. The van der Waals surface area contributed by atoms with Gasteiger partial charge < -0.3 is 10.2 Å². The van der Waals surface area contributed by atoms with Crippen molar-refractivity contribution in [2.24, 2.45) is 5.92 Å². The van der Waals surface area contributed by atoms with Gasteiger partial charge in [0.05, 0.1) is 4.90 Å². The number of nitrogens with zero attached hydrogens (tertiary/aromatic N) is 1. The van der Waals surface area contributed by atoms with Crippen LogP contribution in [0.15, 0.2) is 29.2 Å². The van der Waals surface area contributed by atoms with E-state index < -0.39 is 10.0 Å². The third-order valence-corrected chi connectivity index (χ3v) is 5.28. The van der Waals surface area contributed by atoms with E-state index in [1.165, 1.54) is 19.9 Å². The second kappa shape index (κ2) is 6.56. The molecule has 0 aliphatic carbocycles. The van der Waals surface area contributed by atoms with Crippen molar-refractivity contribution in [1.29, 1.82) is 0 Å². The number of benzene rings is 1. The lowest BCUT2D eigenvalue weighted by atomic mass is 9.97. The first-order valence-corrected chi connectivity index (χ1v) is 8.47. The van der Waals surface area contributed by atoms with Crippen LogP contribution in [0, 0.1) is 5.92 Å². The molecule has 20 heavy (non-hydrogen) atoms. The molecule has 0 atom stereocenters. The lowest BCUT2D eigenvalue weighted by Crippen LogP contribution is -2.34. The van der Waals surface area contributed by atoms with Crippen LogP contribution in [0.25, 0.3) is 0 Å². The molecule has 112 valence electrons. The summed E-state index contributed by atoms with van der Waals surface area (Å²) in [6.07, 6.45) is 2.41. The molecule has 0 aromatic heterocycles. The van der Waals surface area contributed by atoms with Crippen molar-refractivity contribution in [3.63, 3.8) is 0 Å². The number of nitrogens with one attached hydrogen (secondary N) is 2. The molecule has 5 nitrogen and oxygen atoms in total. The Balaban J connectivity index is 2.02. The molecule has 0 spiro atoms. The SMILES string of the molecule is CNS(=O)(=O)c1ccc(N(C)CC2CCNCC2)cc1. The normalized spacial score (nSPS) is 17.1. The smallest absolute Gasteiger partial charge is 0.240 e. The first kappa shape index (κ1) is 15.3. The minimum absolute atomic E-state index is 0.305. The highest BCUT2D eigenvalue weighted by atomic mass is 32.2. The van der Waals surface area contributed by atoms with Crippen molar-refractivity contribution in [3.05, 3.63) is 24.3 Å². The van der Waals surface area contributed by atoms with Crippen molar-refractivity contribution < 1.29 is 8.42 Å².